The van der Waals surface area contributed by atoms with E-state index in [9.17, 15) is 0 Å². The standard InChI is InChI=1S/C14H24Cl2N4O/c1-10(2)9-21-6-5-18-14(17-3)19-8-11-7-12(15)13(16)20(11)4/h7,10H,5-6,8-9H2,1-4H3,(H2,17,18,19). The number of hydrogen-bond donors (Lipinski definition) is 2. The summed E-state index contributed by atoms with van der Waals surface area (Å²) in [5, 5.41) is 7.50. The third-order valence-electron chi connectivity index (χ3n) is 2.87. The number of halogens is 2. The molecule has 0 aliphatic rings. The quantitative estimate of drug-likeness (QED) is 0.458. The van der Waals surface area contributed by atoms with Gasteiger partial charge < -0.3 is 19.9 Å². The summed E-state index contributed by atoms with van der Waals surface area (Å²) in [6.45, 7) is 6.99. The molecule has 0 aromatic carbocycles. The zero-order valence-electron chi connectivity index (χ0n) is 13.0. The molecule has 0 saturated heterocycles. The van der Waals surface area contributed by atoms with Gasteiger partial charge in [-0.3, -0.25) is 4.99 Å². The van der Waals surface area contributed by atoms with Gasteiger partial charge in [-0.15, -0.1) is 0 Å². The molecule has 0 amide bonds. The Morgan fingerprint density at radius 3 is 2.62 bits per heavy atom. The van der Waals surface area contributed by atoms with Crippen molar-refractivity contribution in [2.24, 2.45) is 18.0 Å². The van der Waals surface area contributed by atoms with Crippen molar-refractivity contribution in [3.05, 3.63) is 21.9 Å². The number of nitrogens with one attached hydrogen (secondary N) is 2. The minimum Gasteiger partial charge on any atom is -0.379 e. The van der Waals surface area contributed by atoms with Crippen molar-refractivity contribution in [3.63, 3.8) is 0 Å². The Morgan fingerprint density at radius 1 is 1.38 bits per heavy atom. The van der Waals surface area contributed by atoms with Gasteiger partial charge in [0.1, 0.15) is 5.15 Å². The topological polar surface area (TPSA) is 50.6 Å². The summed E-state index contributed by atoms with van der Waals surface area (Å²) in [6, 6.07) is 1.84. The lowest BCUT2D eigenvalue weighted by atomic mass is 10.2. The van der Waals surface area contributed by atoms with E-state index in [-0.39, 0.29) is 0 Å². The average molecular weight is 335 g/mol. The maximum absolute atomic E-state index is 6.03. The summed E-state index contributed by atoms with van der Waals surface area (Å²) in [4.78, 5) is 4.16. The van der Waals surface area contributed by atoms with E-state index in [1.165, 1.54) is 0 Å². The van der Waals surface area contributed by atoms with Crippen molar-refractivity contribution < 1.29 is 4.74 Å². The molecule has 0 radical (unpaired) electrons. The summed E-state index contributed by atoms with van der Waals surface area (Å²) in [7, 11) is 3.61. The van der Waals surface area contributed by atoms with E-state index >= 15 is 0 Å². The second-order valence-electron chi connectivity index (χ2n) is 5.15. The van der Waals surface area contributed by atoms with E-state index < -0.39 is 0 Å². The lowest BCUT2D eigenvalue weighted by Crippen LogP contribution is -2.38. The maximum atomic E-state index is 6.03. The molecule has 5 nitrogen and oxygen atoms in total. The highest BCUT2D eigenvalue weighted by Gasteiger charge is 2.09. The largest absolute Gasteiger partial charge is 0.379 e. The van der Waals surface area contributed by atoms with Gasteiger partial charge in [0.05, 0.1) is 18.2 Å². The maximum Gasteiger partial charge on any atom is 0.191 e. The monoisotopic (exact) mass is 334 g/mol. The van der Waals surface area contributed by atoms with Crippen LogP contribution in [-0.2, 0) is 18.3 Å². The number of aliphatic imine (C=N–C) groups is 1. The number of rotatable bonds is 7. The number of ether oxygens (including phenoxy) is 1. The van der Waals surface area contributed by atoms with Gasteiger partial charge in [0.15, 0.2) is 5.96 Å². The summed E-state index contributed by atoms with van der Waals surface area (Å²) in [6.07, 6.45) is 0. The van der Waals surface area contributed by atoms with E-state index in [1.807, 2.05) is 17.7 Å². The highest BCUT2D eigenvalue weighted by atomic mass is 35.5. The van der Waals surface area contributed by atoms with E-state index in [4.69, 9.17) is 27.9 Å². The summed E-state index contributed by atoms with van der Waals surface area (Å²) >= 11 is 12.0. The van der Waals surface area contributed by atoms with Crippen molar-refractivity contribution in [1.29, 1.82) is 0 Å². The van der Waals surface area contributed by atoms with Crippen LogP contribution in [0.25, 0.3) is 0 Å². The van der Waals surface area contributed by atoms with Crippen molar-refractivity contribution >= 4 is 29.2 Å². The van der Waals surface area contributed by atoms with Crippen LogP contribution < -0.4 is 10.6 Å². The van der Waals surface area contributed by atoms with Gasteiger partial charge in [-0.1, -0.05) is 37.0 Å². The number of guanidine groups is 1. The van der Waals surface area contributed by atoms with Gasteiger partial charge in [-0.05, 0) is 12.0 Å². The summed E-state index contributed by atoms with van der Waals surface area (Å²) < 4.78 is 7.35. The summed E-state index contributed by atoms with van der Waals surface area (Å²) in [5.41, 5.74) is 0.990. The van der Waals surface area contributed by atoms with E-state index in [1.54, 1.807) is 7.05 Å². The molecule has 0 aliphatic carbocycles. The lowest BCUT2D eigenvalue weighted by molar-refractivity contribution is 0.114. The zero-order chi connectivity index (χ0) is 15.8. The SMILES string of the molecule is CN=C(NCCOCC(C)C)NCc1cc(Cl)c(Cl)n1C. The third-order valence-corrected chi connectivity index (χ3v) is 3.71. The second-order valence-corrected chi connectivity index (χ2v) is 5.92. The number of aromatic nitrogens is 1. The zero-order valence-corrected chi connectivity index (χ0v) is 14.6. The molecule has 1 aromatic rings. The van der Waals surface area contributed by atoms with Gasteiger partial charge in [0.25, 0.3) is 0 Å². The molecule has 21 heavy (non-hydrogen) atoms. The fraction of sp³-hybridized carbons (Fsp3) is 0.643. The molecule has 7 heteroatoms. The molecule has 0 saturated carbocycles. The first-order chi connectivity index (χ1) is 9.95. The predicted octanol–water partition coefficient (Wildman–Crippen LogP) is 2.67. The van der Waals surface area contributed by atoms with Crippen LogP contribution in [0.4, 0.5) is 0 Å². The lowest BCUT2D eigenvalue weighted by Gasteiger charge is -2.13. The minimum absolute atomic E-state index is 0.540. The van der Waals surface area contributed by atoms with Crippen LogP contribution in [0.5, 0.6) is 0 Å². The highest BCUT2D eigenvalue weighted by Crippen LogP contribution is 2.24. The van der Waals surface area contributed by atoms with Crippen LogP contribution in [0.3, 0.4) is 0 Å². The molecule has 1 aromatic heterocycles. The molecule has 0 fully saturated rings. The van der Waals surface area contributed by atoms with Crippen molar-refractivity contribution in [2.45, 2.75) is 20.4 Å². The Bertz CT molecular complexity index is 472. The number of nitrogens with zero attached hydrogens (tertiary/aromatic N) is 2. The van der Waals surface area contributed by atoms with Crippen LogP contribution in [-0.4, -0.2) is 37.3 Å². The molecule has 2 N–H and O–H groups in total. The van der Waals surface area contributed by atoms with Crippen LogP contribution in [0.1, 0.15) is 19.5 Å². The Kier molecular flexibility index (Phi) is 7.93. The first-order valence-corrected chi connectivity index (χ1v) is 7.73. The normalized spacial score (nSPS) is 12.0. The molecule has 1 heterocycles. The van der Waals surface area contributed by atoms with E-state index in [0.29, 0.717) is 35.8 Å². The fourth-order valence-electron chi connectivity index (χ4n) is 1.71. The average Bonchev–Trinajstić information content (AvgIpc) is 2.69. The van der Waals surface area contributed by atoms with Gasteiger partial charge >= 0.3 is 0 Å². The minimum atomic E-state index is 0.540. The molecule has 0 bridgehead atoms. The van der Waals surface area contributed by atoms with Crippen LogP contribution >= 0.6 is 23.2 Å². The second kappa shape index (κ2) is 9.18. The van der Waals surface area contributed by atoms with Gasteiger partial charge in [-0.25, -0.2) is 0 Å². The van der Waals surface area contributed by atoms with Gasteiger partial charge in [-0.2, -0.15) is 0 Å². The first kappa shape index (κ1) is 18.1. The smallest absolute Gasteiger partial charge is 0.191 e. The molecule has 0 atom stereocenters. The molecular formula is C14H24Cl2N4O. The predicted molar refractivity (Wildman–Crippen MR) is 89.3 cm³/mol. The van der Waals surface area contributed by atoms with Crippen LogP contribution in [0, 0.1) is 5.92 Å². The van der Waals surface area contributed by atoms with Crippen LogP contribution in [0.2, 0.25) is 10.2 Å². The molecular weight excluding hydrogens is 311 g/mol. The van der Waals surface area contributed by atoms with Crippen molar-refractivity contribution in [2.75, 3.05) is 26.8 Å². The Labute approximate surface area is 136 Å². The molecule has 0 aliphatic heterocycles. The van der Waals surface area contributed by atoms with Crippen molar-refractivity contribution in [1.82, 2.24) is 15.2 Å². The Hall–Kier alpha value is -0.910. The summed E-state index contributed by atoms with van der Waals surface area (Å²) in [5.74, 6) is 1.27. The first-order valence-electron chi connectivity index (χ1n) is 6.97. The van der Waals surface area contributed by atoms with E-state index in [0.717, 1.165) is 18.3 Å². The molecule has 0 unspecified atom stereocenters. The van der Waals surface area contributed by atoms with Crippen molar-refractivity contribution in [3.8, 4) is 0 Å². The Balaban J connectivity index is 2.33. The van der Waals surface area contributed by atoms with Crippen LogP contribution in [0.15, 0.2) is 11.1 Å². The fourth-order valence-corrected chi connectivity index (χ4v) is 2.13. The van der Waals surface area contributed by atoms with Gasteiger partial charge in [0, 0.05) is 32.9 Å². The van der Waals surface area contributed by atoms with Gasteiger partial charge in [0.2, 0.25) is 0 Å². The highest BCUT2D eigenvalue weighted by molar-refractivity contribution is 6.41. The molecule has 0 spiro atoms. The molecule has 1 rings (SSSR count). The third kappa shape index (κ3) is 6.16. The molecule has 120 valence electrons. The van der Waals surface area contributed by atoms with E-state index in [2.05, 4.69) is 29.5 Å². The Morgan fingerprint density at radius 2 is 2.10 bits per heavy atom. The number of hydrogen-bond acceptors (Lipinski definition) is 2.